The Labute approximate surface area is 162 Å². The fourth-order valence-electron chi connectivity index (χ4n) is 4.01. The first-order chi connectivity index (χ1) is 13.6. The molecule has 0 bridgehead atoms. The molecule has 1 aromatic carbocycles. The zero-order chi connectivity index (χ0) is 19.5. The molecule has 0 unspecified atom stereocenters. The van der Waals surface area contributed by atoms with Gasteiger partial charge in [0, 0.05) is 25.1 Å². The quantitative estimate of drug-likeness (QED) is 0.819. The van der Waals surface area contributed by atoms with E-state index in [-0.39, 0.29) is 36.0 Å². The molecule has 1 aliphatic heterocycles. The predicted molar refractivity (Wildman–Crippen MR) is 100 cm³/mol. The van der Waals surface area contributed by atoms with Crippen LogP contribution in [0.5, 0.6) is 0 Å². The first kappa shape index (κ1) is 18.6. The summed E-state index contributed by atoms with van der Waals surface area (Å²) in [4.78, 5) is 26.0. The maximum Gasteiger partial charge on any atom is 0.322 e. The minimum atomic E-state index is -0.350. The van der Waals surface area contributed by atoms with Crippen molar-refractivity contribution in [3.8, 4) is 0 Å². The van der Waals surface area contributed by atoms with E-state index in [4.69, 9.17) is 4.42 Å². The highest BCUT2D eigenvalue weighted by Crippen LogP contribution is 2.32. The standard InChI is InChI=1S/C20H23FN4O3/c21-15-6-8-16(9-7-15)25-12-14(11-18(25)27)19-23-24-20(28-19)22-17(26)10-5-13-3-1-2-4-13/h6-9,13-14H,1-5,10-12H2,(H,22,24,26)/t14-/m0/s1. The summed E-state index contributed by atoms with van der Waals surface area (Å²) in [5.74, 6) is 0.149. The second-order valence-corrected chi connectivity index (χ2v) is 7.56. The van der Waals surface area contributed by atoms with Gasteiger partial charge in [0.2, 0.25) is 17.7 Å². The number of anilines is 2. The Kier molecular flexibility index (Phi) is 5.36. The summed E-state index contributed by atoms with van der Waals surface area (Å²) in [5, 5.41) is 10.5. The molecule has 8 heteroatoms. The molecule has 1 saturated carbocycles. The largest absolute Gasteiger partial charge is 0.407 e. The molecule has 2 aromatic rings. The van der Waals surface area contributed by atoms with Crippen molar-refractivity contribution in [1.82, 2.24) is 10.2 Å². The highest BCUT2D eigenvalue weighted by atomic mass is 19.1. The molecule has 2 aliphatic rings. The molecule has 148 valence electrons. The molecule has 2 fully saturated rings. The molecular formula is C20H23FN4O3. The third kappa shape index (κ3) is 4.21. The number of hydrogen-bond acceptors (Lipinski definition) is 5. The van der Waals surface area contributed by atoms with Crippen LogP contribution in [0.15, 0.2) is 28.7 Å². The second-order valence-electron chi connectivity index (χ2n) is 7.56. The van der Waals surface area contributed by atoms with Gasteiger partial charge in [-0.25, -0.2) is 4.39 Å². The molecule has 1 aromatic heterocycles. The summed E-state index contributed by atoms with van der Waals surface area (Å²) >= 11 is 0. The van der Waals surface area contributed by atoms with Crippen LogP contribution >= 0.6 is 0 Å². The molecule has 28 heavy (non-hydrogen) atoms. The van der Waals surface area contributed by atoms with Gasteiger partial charge in [-0.15, -0.1) is 5.10 Å². The normalized spacial score (nSPS) is 20.1. The van der Waals surface area contributed by atoms with Crippen LogP contribution in [0.4, 0.5) is 16.1 Å². The number of carbonyl (C=O) groups is 2. The Morgan fingerprint density at radius 3 is 2.71 bits per heavy atom. The lowest BCUT2D eigenvalue weighted by atomic mass is 10.0. The Morgan fingerprint density at radius 1 is 1.21 bits per heavy atom. The van der Waals surface area contributed by atoms with Crippen molar-refractivity contribution < 1.29 is 18.4 Å². The molecule has 2 amide bonds. The maximum absolute atomic E-state index is 13.1. The second kappa shape index (κ2) is 8.08. The number of hydrogen-bond donors (Lipinski definition) is 1. The van der Waals surface area contributed by atoms with Crippen LogP contribution in [0.3, 0.4) is 0 Å². The van der Waals surface area contributed by atoms with Gasteiger partial charge in [0.1, 0.15) is 5.82 Å². The maximum atomic E-state index is 13.1. The Bertz CT molecular complexity index is 845. The summed E-state index contributed by atoms with van der Waals surface area (Å²) < 4.78 is 18.7. The van der Waals surface area contributed by atoms with E-state index in [1.54, 1.807) is 17.0 Å². The van der Waals surface area contributed by atoms with Gasteiger partial charge in [-0.2, -0.15) is 0 Å². The van der Waals surface area contributed by atoms with Crippen LogP contribution in [-0.2, 0) is 9.59 Å². The van der Waals surface area contributed by atoms with Crippen molar-refractivity contribution in [3.05, 3.63) is 36.0 Å². The number of amides is 2. The third-order valence-electron chi connectivity index (χ3n) is 5.55. The number of rotatable bonds is 6. The first-order valence-electron chi connectivity index (χ1n) is 9.77. The number of nitrogens with one attached hydrogen (secondary N) is 1. The molecule has 0 radical (unpaired) electrons. The van der Waals surface area contributed by atoms with E-state index in [0.29, 0.717) is 30.5 Å². The Hall–Kier alpha value is -2.77. The molecule has 1 aliphatic carbocycles. The predicted octanol–water partition coefficient (Wildman–Crippen LogP) is 3.64. The van der Waals surface area contributed by atoms with E-state index in [1.807, 2.05) is 0 Å². The van der Waals surface area contributed by atoms with Crippen LogP contribution in [0, 0.1) is 11.7 Å². The number of nitrogens with zero attached hydrogens (tertiary/aromatic N) is 3. The van der Waals surface area contributed by atoms with Crippen molar-refractivity contribution in [2.45, 2.75) is 50.9 Å². The van der Waals surface area contributed by atoms with E-state index in [9.17, 15) is 14.0 Å². The van der Waals surface area contributed by atoms with Crippen LogP contribution in [0.25, 0.3) is 0 Å². The minimum absolute atomic E-state index is 0.0686. The van der Waals surface area contributed by atoms with Crippen LogP contribution in [0.1, 0.15) is 56.8 Å². The molecule has 1 saturated heterocycles. The lowest BCUT2D eigenvalue weighted by Crippen LogP contribution is -2.24. The monoisotopic (exact) mass is 386 g/mol. The zero-order valence-corrected chi connectivity index (χ0v) is 15.6. The lowest BCUT2D eigenvalue weighted by molar-refractivity contribution is -0.117. The lowest BCUT2D eigenvalue weighted by Gasteiger charge is -2.15. The van der Waals surface area contributed by atoms with E-state index in [2.05, 4.69) is 15.5 Å². The molecule has 2 heterocycles. The van der Waals surface area contributed by atoms with E-state index >= 15 is 0 Å². The number of benzene rings is 1. The Morgan fingerprint density at radius 2 is 1.96 bits per heavy atom. The van der Waals surface area contributed by atoms with Gasteiger partial charge in [-0.3, -0.25) is 14.9 Å². The zero-order valence-electron chi connectivity index (χ0n) is 15.6. The SMILES string of the molecule is O=C(CCC1CCCC1)Nc1nnc([C@H]2CC(=O)N(c3ccc(F)cc3)C2)o1. The van der Waals surface area contributed by atoms with Crippen molar-refractivity contribution >= 4 is 23.5 Å². The molecule has 4 rings (SSSR count). The van der Waals surface area contributed by atoms with Crippen molar-refractivity contribution in [1.29, 1.82) is 0 Å². The van der Waals surface area contributed by atoms with E-state index in [0.717, 1.165) is 6.42 Å². The van der Waals surface area contributed by atoms with E-state index < -0.39 is 0 Å². The summed E-state index contributed by atoms with van der Waals surface area (Å²) in [6, 6.07) is 5.85. The number of carbonyl (C=O) groups excluding carboxylic acids is 2. The molecule has 7 nitrogen and oxygen atoms in total. The van der Waals surface area contributed by atoms with Gasteiger partial charge >= 0.3 is 6.01 Å². The highest BCUT2D eigenvalue weighted by Gasteiger charge is 2.35. The van der Waals surface area contributed by atoms with Gasteiger partial charge in [0.15, 0.2) is 0 Å². The average molecular weight is 386 g/mol. The summed E-state index contributed by atoms with van der Waals surface area (Å²) in [5.41, 5.74) is 0.633. The minimum Gasteiger partial charge on any atom is -0.407 e. The van der Waals surface area contributed by atoms with Gasteiger partial charge in [-0.1, -0.05) is 30.8 Å². The first-order valence-corrected chi connectivity index (χ1v) is 9.77. The van der Waals surface area contributed by atoms with Crippen molar-refractivity contribution in [2.24, 2.45) is 5.92 Å². The number of aromatic nitrogens is 2. The fourth-order valence-corrected chi connectivity index (χ4v) is 4.01. The molecular weight excluding hydrogens is 363 g/mol. The van der Waals surface area contributed by atoms with Crippen LogP contribution < -0.4 is 10.2 Å². The average Bonchev–Trinajstić information content (AvgIpc) is 3.42. The van der Waals surface area contributed by atoms with Crippen molar-refractivity contribution in [3.63, 3.8) is 0 Å². The van der Waals surface area contributed by atoms with Crippen LogP contribution in [0.2, 0.25) is 0 Å². The molecule has 1 N–H and O–H groups in total. The summed E-state index contributed by atoms with van der Waals surface area (Å²) in [6.45, 7) is 0.377. The molecule has 1 atom stereocenters. The highest BCUT2D eigenvalue weighted by molar-refractivity contribution is 5.96. The van der Waals surface area contributed by atoms with E-state index in [1.165, 1.54) is 37.8 Å². The number of halogens is 1. The summed E-state index contributed by atoms with van der Waals surface area (Å²) in [6.07, 6.45) is 6.49. The van der Waals surface area contributed by atoms with Gasteiger partial charge in [-0.05, 0) is 36.6 Å². The van der Waals surface area contributed by atoms with Gasteiger partial charge < -0.3 is 9.32 Å². The fraction of sp³-hybridized carbons (Fsp3) is 0.500. The molecule has 0 spiro atoms. The summed E-state index contributed by atoms with van der Waals surface area (Å²) in [7, 11) is 0. The smallest absolute Gasteiger partial charge is 0.322 e. The van der Waals surface area contributed by atoms with Gasteiger partial charge in [0.05, 0.1) is 5.92 Å². The topological polar surface area (TPSA) is 88.3 Å². The van der Waals surface area contributed by atoms with Crippen LogP contribution in [-0.4, -0.2) is 28.6 Å². The van der Waals surface area contributed by atoms with Crippen molar-refractivity contribution in [2.75, 3.05) is 16.8 Å². The Balaban J connectivity index is 1.33. The van der Waals surface area contributed by atoms with Gasteiger partial charge in [0.25, 0.3) is 0 Å². The third-order valence-corrected chi connectivity index (χ3v) is 5.55.